The molecule has 0 saturated heterocycles. The molecule has 0 spiro atoms. The van der Waals surface area contributed by atoms with Crippen molar-refractivity contribution in [3.8, 4) is 11.3 Å². The summed E-state index contributed by atoms with van der Waals surface area (Å²) in [6.45, 7) is 0. The molecule has 16 heavy (non-hydrogen) atoms. The zero-order valence-corrected chi connectivity index (χ0v) is 8.71. The molecular formula is C11H10N4O. The molecule has 5 heteroatoms. The summed E-state index contributed by atoms with van der Waals surface area (Å²) < 4.78 is 7.06. The predicted molar refractivity (Wildman–Crippen MR) is 60.6 cm³/mol. The predicted octanol–water partition coefficient (Wildman–Crippen LogP) is 1.81. The van der Waals surface area contributed by atoms with E-state index in [1.165, 1.54) is 0 Å². The van der Waals surface area contributed by atoms with Crippen LogP contribution in [0, 0.1) is 0 Å². The van der Waals surface area contributed by atoms with Crippen molar-refractivity contribution in [3.05, 3.63) is 30.6 Å². The Labute approximate surface area is 91.5 Å². The van der Waals surface area contributed by atoms with Gasteiger partial charge in [0, 0.05) is 18.7 Å². The van der Waals surface area contributed by atoms with Gasteiger partial charge in [0.2, 0.25) is 0 Å². The number of aromatic nitrogens is 3. The van der Waals surface area contributed by atoms with Gasteiger partial charge in [-0.25, -0.2) is 4.98 Å². The number of nitrogen functional groups attached to an aromatic ring is 1. The molecule has 0 fully saturated rings. The first-order valence-corrected chi connectivity index (χ1v) is 4.88. The molecule has 0 aliphatic rings. The third-order valence-corrected chi connectivity index (χ3v) is 2.54. The summed E-state index contributed by atoms with van der Waals surface area (Å²) in [6, 6.07) is 7.61. The average Bonchev–Trinajstić information content (AvgIpc) is 2.86. The van der Waals surface area contributed by atoms with Crippen LogP contribution in [0.3, 0.4) is 0 Å². The highest BCUT2D eigenvalue weighted by Crippen LogP contribution is 2.24. The minimum Gasteiger partial charge on any atom is -0.381 e. The number of hydrogen-bond acceptors (Lipinski definition) is 4. The van der Waals surface area contributed by atoms with Crippen LogP contribution in [0.2, 0.25) is 0 Å². The molecule has 3 rings (SSSR count). The molecule has 2 heterocycles. The van der Waals surface area contributed by atoms with Crippen molar-refractivity contribution in [1.82, 2.24) is 14.7 Å². The molecule has 0 atom stereocenters. The summed E-state index contributed by atoms with van der Waals surface area (Å²) in [5.74, 6) is 1.04. The molecule has 80 valence electrons. The Hall–Kier alpha value is -2.30. The summed E-state index contributed by atoms with van der Waals surface area (Å²) in [5.41, 5.74) is 8.44. The SMILES string of the molecule is Cn1cnc2cc(-c3cc(N)no3)ccc21. The molecule has 0 bridgehead atoms. The fraction of sp³-hybridized carbons (Fsp3) is 0.0909. The summed E-state index contributed by atoms with van der Waals surface area (Å²) in [7, 11) is 1.96. The van der Waals surface area contributed by atoms with Crippen LogP contribution in [0.5, 0.6) is 0 Å². The Morgan fingerprint density at radius 1 is 1.31 bits per heavy atom. The van der Waals surface area contributed by atoms with E-state index in [0.717, 1.165) is 16.6 Å². The fourth-order valence-corrected chi connectivity index (χ4v) is 1.71. The highest BCUT2D eigenvalue weighted by atomic mass is 16.5. The summed E-state index contributed by atoms with van der Waals surface area (Å²) in [4.78, 5) is 4.28. The van der Waals surface area contributed by atoms with E-state index >= 15 is 0 Å². The smallest absolute Gasteiger partial charge is 0.169 e. The Bertz CT molecular complexity index is 653. The van der Waals surface area contributed by atoms with Crippen molar-refractivity contribution >= 4 is 16.9 Å². The zero-order valence-electron chi connectivity index (χ0n) is 8.71. The van der Waals surface area contributed by atoms with Crippen LogP contribution in [0.15, 0.2) is 35.1 Å². The van der Waals surface area contributed by atoms with Crippen LogP contribution in [-0.4, -0.2) is 14.7 Å². The van der Waals surface area contributed by atoms with Gasteiger partial charge in [-0.2, -0.15) is 0 Å². The van der Waals surface area contributed by atoms with E-state index in [4.69, 9.17) is 10.3 Å². The molecule has 1 aromatic carbocycles. The monoisotopic (exact) mass is 214 g/mol. The van der Waals surface area contributed by atoms with Crippen LogP contribution in [0.25, 0.3) is 22.4 Å². The van der Waals surface area contributed by atoms with Crippen LogP contribution in [0.4, 0.5) is 5.82 Å². The highest BCUT2D eigenvalue weighted by Gasteiger charge is 2.07. The molecule has 5 nitrogen and oxygen atoms in total. The number of anilines is 1. The number of nitrogens with zero attached hydrogens (tertiary/aromatic N) is 3. The topological polar surface area (TPSA) is 69.9 Å². The molecule has 0 unspecified atom stereocenters. The number of benzene rings is 1. The maximum atomic E-state index is 5.51. The molecule has 2 aromatic heterocycles. The van der Waals surface area contributed by atoms with Crippen molar-refractivity contribution in [2.45, 2.75) is 0 Å². The first-order valence-electron chi connectivity index (χ1n) is 4.88. The van der Waals surface area contributed by atoms with E-state index in [-0.39, 0.29) is 0 Å². The minimum absolute atomic E-state index is 0.385. The molecule has 0 saturated carbocycles. The summed E-state index contributed by atoms with van der Waals surface area (Å²) >= 11 is 0. The van der Waals surface area contributed by atoms with Crippen LogP contribution in [0.1, 0.15) is 0 Å². The van der Waals surface area contributed by atoms with Gasteiger partial charge < -0.3 is 14.8 Å². The quantitative estimate of drug-likeness (QED) is 0.670. The number of fused-ring (bicyclic) bond motifs is 1. The van der Waals surface area contributed by atoms with Crippen LogP contribution < -0.4 is 5.73 Å². The first-order chi connectivity index (χ1) is 7.74. The van der Waals surface area contributed by atoms with Gasteiger partial charge in [0.25, 0.3) is 0 Å². The third-order valence-electron chi connectivity index (χ3n) is 2.54. The van der Waals surface area contributed by atoms with Gasteiger partial charge in [0.15, 0.2) is 11.6 Å². The van der Waals surface area contributed by atoms with Gasteiger partial charge in [-0.05, 0) is 18.2 Å². The van der Waals surface area contributed by atoms with E-state index in [9.17, 15) is 0 Å². The Morgan fingerprint density at radius 2 is 2.19 bits per heavy atom. The van der Waals surface area contributed by atoms with E-state index < -0.39 is 0 Å². The van der Waals surface area contributed by atoms with E-state index in [0.29, 0.717) is 11.6 Å². The highest BCUT2D eigenvalue weighted by molar-refractivity contribution is 5.81. The van der Waals surface area contributed by atoms with Crippen LogP contribution >= 0.6 is 0 Å². The normalized spacial score (nSPS) is 11.1. The van der Waals surface area contributed by atoms with Crippen molar-refractivity contribution in [1.29, 1.82) is 0 Å². The summed E-state index contributed by atoms with van der Waals surface area (Å²) in [6.07, 6.45) is 1.78. The molecule has 0 aliphatic carbocycles. The second-order valence-electron chi connectivity index (χ2n) is 3.67. The number of hydrogen-bond donors (Lipinski definition) is 1. The zero-order chi connectivity index (χ0) is 11.1. The lowest BCUT2D eigenvalue weighted by molar-refractivity contribution is 0.436. The van der Waals surface area contributed by atoms with Gasteiger partial charge in [-0.1, -0.05) is 5.16 Å². The molecule has 2 N–H and O–H groups in total. The maximum Gasteiger partial charge on any atom is 0.169 e. The number of aryl methyl sites for hydroxylation is 1. The van der Waals surface area contributed by atoms with Crippen molar-refractivity contribution in [2.24, 2.45) is 7.05 Å². The van der Waals surface area contributed by atoms with Crippen molar-refractivity contribution in [3.63, 3.8) is 0 Å². The molecular weight excluding hydrogens is 204 g/mol. The fourth-order valence-electron chi connectivity index (χ4n) is 1.71. The van der Waals surface area contributed by atoms with Gasteiger partial charge in [0.05, 0.1) is 17.4 Å². The lowest BCUT2D eigenvalue weighted by Crippen LogP contribution is -1.83. The van der Waals surface area contributed by atoms with Crippen molar-refractivity contribution in [2.75, 3.05) is 5.73 Å². The van der Waals surface area contributed by atoms with Gasteiger partial charge in [-0.3, -0.25) is 0 Å². The standard InChI is InChI=1S/C11H10N4O/c1-15-6-13-8-4-7(2-3-9(8)15)10-5-11(12)14-16-10/h2-6H,1H3,(H2,12,14). The Kier molecular flexibility index (Phi) is 1.73. The van der Waals surface area contributed by atoms with E-state index in [1.54, 1.807) is 12.4 Å². The number of imidazole rings is 1. The number of nitrogens with two attached hydrogens (primary N) is 1. The van der Waals surface area contributed by atoms with Gasteiger partial charge in [-0.15, -0.1) is 0 Å². The first kappa shape index (κ1) is 8.96. The van der Waals surface area contributed by atoms with E-state index in [2.05, 4.69) is 10.1 Å². The molecule has 3 aromatic rings. The Morgan fingerprint density at radius 3 is 2.94 bits per heavy atom. The molecule has 0 aliphatic heterocycles. The summed E-state index contributed by atoms with van der Waals surface area (Å²) in [5, 5.41) is 3.66. The molecule has 0 amide bonds. The maximum absolute atomic E-state index is 5.51. The van der Waals surface area contributed by atoms with Crippen LogP contribution in [-0.2, 0) is 7.05 Å². The van der Waals surface area contributed by atoms with E-state index in [1.807, 2.05) is 29.8 Å². The Balaban J connectivity index is 2.18. The largest absolute Gasteiger partial charge is 0.381 e. The minimum atomic E-state index is 0.385. The second kappa shape index (κ2) is 3.10. The third kappa shape index (κ3) is 1.25. The average molecular weight is 214 g/mol. The number of rotatable bonds is 1. The lowest BCUT2D eigenvalue weighted by Gasteiger charge is -1.96. The second-order valence-corrected chi connectivity index (χ2v) is 3.67. The molecule has 0 radical (unpaired) electrons. The van der Waals surface area contributed by atoms with Crippen molar-refractivity contribution < 1.29 is 4.52 Å². The van der Waals surface area contributed by atoms with Gasteiger partial charge in [0.1, 0.15) is 0 Å². The lowest BCUT2D eigenvalue weighted by atomic mass is 10.1. The van der Waals surface area contributed by atoms with Gasteiger partial charge >= 0.3 is 0 Å².